The van der Waals surface area contributed by atoms with Crippen molar-refractivity contribution < 1.29 is 19.5 Å². The monoisotopic (exact) mass is 380 g/mol. The number of nitrogens with zero attached hydrogens (tertiary/aromatic N) is 1. The van der Waals surface area contributed by atoms with Crippen LogP contribution >= 0.6 is 11.6 Å². The van der Waals surface area contributed by atoms with Crippen LogP contribution in [0, 0.1) is 5.41 Å². The molecule has 1 heterocycles. The molecule has 2 N–H and O–H groups in total. The Hall–Kier alpha value is -2.08. The molecule has 6 nitrogen and oxygen atoms in total. The summed E-state index contributed by atoms with van der Waals surface area (Å²) in [7, 11) is 0. The van der Waals surface area contributed by atoms with E-state index in [4.69, 9.17) is 16.7 Å². The lowest BCUT2D eigenvalue weighted by atomic mass is 9.82. The Morgan fingerprint density at radius 2 is 1.92 bits per heavy atom. The molecule has 142 valence electrons. The molecule has 2 amide bonds. The molecular weight excluding hydrogens is 356 g/mol. The van der Waals surface area contributed by atoms with Gasteiger partial charge < -0.3 is 15.3 Å². The molecule has 1 atom stereocenters. The van der Waals surface area contributed by atoms with Crippen molar-refractivity contribution in [3.8, 4) is 0 Å². The number of halogens is 1. The average Bonchev–Trinajstić information content (AvgIpc) is 2.57. The van der Waals surface area contributed by atoms with E-state index in [1.807, 2.05) is 0 Å². The van der Waals surface area contributed by atoms with Gasteiger partial charge in [0.25, 0.3) is 5.91 Å². The first-order valence-electron chi connectivity index (χ1n) is 8.75. The minimum Gasteiger partial charge on any atom is -0.481 e. The zero-order valence-electron chi connectivity index (χ0n) is 15.1. The van der Waals surface area contributed by atoms with Gasteiger partial charge in [0.05, 0.1) is 0 Å². The van der Waals surface area contributed by atoms with Crippen LogP contribution in [0.3, 0.4) is 0 Å². The van der Waals surface area contributed by atoms with E-state index in [9.17, 15) is 14.4 Å². The minimum atomic E-state index is -1.00. The molecule has 0 aromatic heterocycles. The molecule has 0 unspecified atom stereocenters. The van der Waals surface area contributed by atoms with Crippen LogP contribution in [0.2, 0.25) is 5.02 Å². The number of nitrogens with one attached hydrogen (secondary N) is 1. The first-order valence-corrected chi connectivity index (χ1v) is 9.13. The Bertz CT molecular complexity index is 680. The first kappa shape index (κ1) is 20.2. The van der Waals surface area contributed by atoms with E-state index >= 15 is 0 Å². The number of amides is 2. The molecule has 1 aliphatic heterocycles. The van der Waals surface area contributed by atoms with E-state index in [0.29, 0.717) is 23.7 Å². The van der Waals surface area contributed by atoms with Crippen molar-refractivity contribution in [1.82, 2.24) is 10.2 Å². The van der Waals surface area contributed by atoms with Crippen molar-refractivity contribution in [1.29, 1.82) is 0 Å². The highest BCUT2D eigenvalue weighted by Crippen LogP contribution is 2.30. The zero-order valence-corrected chi connectivity index (χ0v) is 15.9. The van der Waals surface area contributed by atoms with Crippen LogP contribution in [-0.2, 0) is 9.59 Å². The number of carbonyl (C=O) groups excluding carboxylic acids is 2. The maximum atomic E-state index is 12.8. The minimum absolute atomic E-state index is 0.0559. The number of carbonyl (C=O) groups is 3. The molecule has 1 saturated heterocycles. The van der Waals surface area contributed by atoms with Gasteiger partial charge in [0.1, 0.15) is 6.04 Å². The summed E-state index contributed by atoms with van der Waals surface area (Å²) >= 11 is 5.91. The van der Waals surface area contributed by atoms with Gasteiger partial charge >= 0.3 is 5.97 Å². The fourth-order valence-electron chi connectivity index (χ4n) is 2.95. The highest BCUT2D eigenvalue weighted by molar-refractivity contribution is 6.31. The molecule has 26 heavy (non-hydrogen) atoms. The van der Waals surface area contributed by atoms with Crippen molar-refractivity contribution in [2.24, 2.45) is 5.41 Å². The lowest BCUT2D eigenvalue weighted by Crippen LogP contribution is -2.51. The quantitative estimate of drug-likeness (QED) is 0.794. The molecule has 0 saturated carbocycles. The summed E-state index contributed by atoms with van der Waals surface area (Å²) in [5.41, 5.74) is 0.530. The number of carboxylic acid groups (broad SMARTS) is 1. The molecular formula is C19H25ClN2O4. The van der Waals surface area contributed by atoms with Crippen LogP contribution in [-0.4, -0.2) is 46.9 Å². The molecule has 1 aliphatic rings. The summed E-state index contributed by atoms with van der Waals surface area (Å²) < 4.78 is 0. The van der Waals surface area contributed by atoms with Crippen LogP contribution in [0.25, 0.3) is 0 Å². The maximum absolute atomic E-state index is 12.8. The normalized spacial score (nSPS) is 17.4. The SMILES string of the molecule is CC1(C)CCN(C(=O)[C@@H](CCC(=O)O)NC(=O)c2cccc(Cl)c2)CC1. The van der Waals surface area contributed by atoms with Crippen molar-refractivity contribution in [2.45, 2.75) is 45.6 Å². The number of likely N-dealkylation sites (tertiary alicyclic amines) is 1. The van der Waals surface area contributed by atoms with Gasteiger partial charge in [-0.15, -0.1) is 0 Å². The molecule has 1 aromatic rings. The lowest BCUT2D eigenvalue weighted by Gasteiger charge is -2.38. The number of rotatable bonds is 6. The topological polar surface area (TPSA) is 86.7 Å². The van der Waals surface area contributed by atoms with Crippen LogP contribution in [0.5, 0.6) is 0 Å². The second-order valence-corrected chi connectivity index (χ2v) is 7.89. The number of aliphatic carboxylic acids is 1. The molecule has 0 bridgehead atoms. The van der Waals surface area contributed by atoms with E-state index in [0.717, 1.165) is 12.8 Å². The van der Waals surface area contributed by atoms with Gasteiger partial charge in [-0.05, 0) is 42.9 Å². The number of carboxylic acids is 1. The Morgan fingerprint density at radius 3 is 2.50 bits per heavy atom. The Balaban J connectivity index is 2.08. The van der Waals surface area contributed by atoms with E-state index in [1.165, 1.54) is 6.07 Å². The molecule has 0 aliphatic carbocycles. The second-order valence-electron chi connectivity index (χ2n) is 7.46. The maximum Gasteiger partial charge on any atom is 0.303 e. The highest BCUT2D eigenvalue weighted by atomic mass is 35.5. The number of hydrogen-bond donors (Lipinski definition) is 2. The van der Waals surface area contributed by atoms with Gasteiger partial charge in [-0.1, -0.05) is 31.5 Å². The van der Waals surface area contributed by atoms with E-state index in [-0.39, 0.29) is 24.2 Å². The summed E-state index contributed by atoms with van der Waals surface area (Å²) in [6.45, 7) is 5.56. The fourth-order valence-corrected chi connectivity index (χ4v) is 3.14. The van der Waals surface area contributed by atoms with E-state index < -0.39 is 17.9 Å². The predicted molar refractivity (Wildman–Crippen MR) is 99.2 cm³/mol. The fraction of sp³-hybridized carbons (Fsp3) is 0.526. The van der Waals surface area contributed by atoms with Crippen LogP contribution < -0.4 is 5.32 Å². The Kier molecular flexibility index (Phi) is 6.64. The van der Waals surface area contributed by atoms with Gasteiger partial charge in [-0.25, -0.2) is 0 Å². The largest absolute Gasteiger partial charge is 0.481 e. The predicted octanol–water partition coefficient (Wildman–Crippen LogP) is 2.95. The standard InChI is InChI=1S/C19H25ClN2O4/c1-19(2)8-10-22(11-9-19)18(26)15(6-7-16(23)24)21-17(25)13-4-3-5-14(20)12-13/h3-5,12,15H,6-11H2,1-2H3,(H,21,25)(H,23,24)/t15-/m1/s1. The summed E-state index contributed by atoms with van der Waals surface area (Å²) in [5.74, 6) is -1.66. The second kappa shape index (κ2) is 8.54. The Morgan fingerprint density at radius 1 is 1.27 bits per heavy atom. The van der Waals surface area contributed by atoms with Gasteiger partial charge in [-0.3, -0.25) is 14.4 Å². The molecule has 0 spiro atoms. The van der Waals surface area contributed by atoms with Crippen LogP contribution in [0.15, 0.2) is 24.3 Å². The van der Waals surface area contributed by atoms with Gasteiger partial charge in [0.15, 0.2) is 0 Å². The highest BCUT2D eigenvalue weighted by Gasteiger charge is 2.32. The number of benzene rings is 1. The average molecular weight is 381 g/mol. The van der Waals surface area contributed by atoms with Gasteiger partial charge in [0, 0.05) is 30.1 Å². The number of hydrogen-bond acceptors (Lipinski definition) is 3. The smallest absolute Gasteiger partial charge is 0.303 e. The van der Waals surface area contributed by atoms with Crippen LogP contribution in [0.1, 0.15) is 49.9 Å². The number of piperidine rings is 1. The molecule has 0 radical (unpaired) electrons. The van der Waals surface area contributed by atoms with Gasteiger partial charge in [-0.2, -0.15) is 0 Å². The van der Waals surface area contributed by atoms with E-state index in [1.54, 1.807) is 23.1 Å². The molecule has 7 heteroatoms. The Labute approximate surface area is 158 Å². The zero-order chi connectivity index (χ0) is 19.3. The van der Waals surface area contributed by atoms with Crippen LogP contribution in [0.4, 0.5) is 0 Å². The first-order chi connectivity index (χ1) is 12.2. The van der Waals surface area contributed by atoms with Crippen molar-refractivity contribution in [3.05, 3.63) is 34.9 Å². The third-order valence-electron chi connectivity index (χ3n) is 4.77. The summed E-state index contributed by atoms with van der Waals surface area (Å²) in [6.07, 6.45) is 1.63. The van der Waals surface area contributed by atoms with E-state index in [2.05, 4.69) is 19.2 Å². The third kappa shape index (κ3) is 5.73. The third-order valence-corrected chi connectivity index (χ3v) is 5.00. The summed E-state index contributed by atoms with van der Waals surface area (Å²) in [5, 5.41) is 12.1. The molecule has 2 rings (SSSR count). The lowest BCUT2D eigenvalue weighted by molar-refractivity contribution is -0.138. The van der Waals surface area contributed by atoms with Crippen molar-refractivity contribution in [3.63, 3.8) is 0 Å². The molecule has 1 aromatic carbocycles. The molecule has 1 fully saturated rings. The summed E-state index contributed by atoms with van der Waals surface area (Å²) in [4.78, 5) is 38.0. The summed E-state index contributed by atoms with van der Waals surface area (Å²) in [6, 6.07) is 5.56. The van der Waals surface area contributed by atoms with Crippen molar-refractivity contribution in [2.75, 3.05) is 13.1 Å². The van der Waals surface area contributed by atoms with Gasteiger partial charge in [0.2, 0.25) is 5.91 Å². The van der Waals surface area contributed by atoms with Crippen molar-refractivity contribution >= 4 is 29.4 Å².